The molecule has 26 heavy (non-hydrogen) atoms. The van der Waals surface area contributed by atoms with Gasteiger partial charge in [0.15, 0.2) is 5.11 Å². The summed E-state index contributed by atoms with van der Waals surface area (Å²) in [5.74, 6) is -0.0707. The molecule has 6 nitrogen and oxygen atoms in total. The van der Waals surface area contributed by atoms with Crippen LogP contribution in [0, 0.1) is 0 Å². The van der Waals surface area contributed by atoms with Crippen molar-refractivity contribution in [1.29, 1.82) is 0 Å². The number of thiocarbonyl (C=S) groups is 1. The van der Waals surface area contributed by atoms with Gasteiger partial charge in [-0.2, -0.15) is 0 Å². The fourth-order valence-corrected chi connectivity index (χ4v) is 2.45. The number of amides is 2. The maximum atomic E-state index is 12.3. The molecule has 0 spiro atoms. The molecular formula is C19H21N3O3S. The van der Waals surface area contributed by atoms with Crippen LogP contribution in [-0.4, -0.2) is 30.6 Å². The third-order valence-electron chi connectivity index (χ3n) is 3.50. The molecule has 2 amide bonds. The molecule has 2 aromatic rings. The van der Waals surface area contributed by atoms with Crippen LogP contribution in [0.25, 0.3) is 0 Å². The van der Waals surface area contributed by atoms with Crippen LogP contribution in [0.2, 0.25) is 0 Å². The number of nitrogens with one attached hydrogen (secondary N) is 3. The van der Waals surface area contributed by atoms with Crippen molar-refractivity contribution in [3.8, 4) is 5.75 Å². The number of hydrogen-bond acceptors (Lipinski definition) is 4. The minimum Gasteiger partial charge on any atom is -0.496 e. The molecule has 0 fully saturated rings. The second-order valence-corrected chi connectivity index (χ2v) is 5.85. The van der Waals surface area contributed by atoms with E-state index in [1.54, 1.807) is 48.5 Å². The van der Waals surface area contributed by atoms with Gasteiger partial charge in [0.2, 0.25) is 0 Å². The van der Waals surface area contributed by atoms with Gasteiger partial charge in [-0.15, -0.1) is 0 Å². The molecule has 7 heteroatoms. The third-order valence-corrected chi connectivity index (χ3v) is 3.70. The molecule has 0 aliphatic carbocycles. The highest BCUT2D eigenvalue weighted by atomic mass is 32.1. The fraction of sp³-hybridized carbons (Fsp3) is 0.211. The van der Waals surface area contributed by atoms with E-state index >= 15 is 0 Å². The first-order chi connectivity index (χ1) is 12.5. The molecule has 2 aromatic carbocycles. The number of ether oxygens (including phenoxy) is 1. The van der Waals surface area contributed by atoms with Gasteiger partial charge in [-0.25, -0.2) is 0 Å². The van der Waals surface area contributed by atoms with Crippen LogP contribution in [0.15, 0.2) is 48.5 Å². The van der Waals surface area contributed by atoms with Crippen molar-refractivity contribution in [2.75, 3.05) is 19.0 Å². The Hall–Kier alpha value is -2.93. The van der Waals surface area contributed by atoms with Crippen LogP contribution in [0.4, 0.5) is 5.69 Å². The van der Waals surface area contributed by atoms with E-state index in [9.17, 15) is 9.59 Å². The molecule has 0 bridgehead atoms. The molecule has 0 aliphatic heterocycles. The van der Waals surface area contributed by atoms with Gasteiger partial charge in [-0.3, -0.25) is 14.9 Å². The van der Waals surface area contributed by atoms with E-state index in [1.165, 1.54) is 7.11 Å². The summed E-state index contributed by atoms with van der Waals surface area (Å²) < 4.78 is 5.17. The maximum Gasteiger partial charge on any atom is 0.261 e. The largest absolute Gasteiger partial charge is 0.496 e. The van der Waals surface area contributed by atoms with Crippen molar-refractivity contribution in [3.05, 3.63) is 59.7 Å². The van der Waals surface area contributed by atoms with Gasteiger partial charge in [0.25, 0.3) is 11.8 Å². The second-order valence-electron chi connectivity index (χ2n) is 5.45. The molecule has 3 N–H and O–H groups in total. The number of anilines is 1. The van der Waals surface area contributed by atoms with Crippen molar-refractivity contribution in [2.24, 2.45) is 0 Å². The van der Waals surface area contributed by atoms with Gasteiger partial charge in [0, 0.05) is 17.8 Å². The molecule has 0 atom stereocenters. The Balaban J connectivity index is 2.01. The summed E-state index contributed by atoms with van der Waals surface area (Å²) in [4.78, 5) is 24.4. The Bertz CT molecular complexity index is 808. The lowest BCUT2D eigenvalue weighted by Gasteiger charge is -2.12. The third kappa shape index (κ3) is 5.29. The smallest absolute Gasteiger partial charge is 0.261 e. The zero-order valence-electron chi connectivity index (χ0n) is 14.7. The van der Waals surface area contributed by atoms with E-state index in [0.29, 0.717) is 29.1 Å². The highest BCUT2D eigenvalue weighted by molar-refractivity contribution is 7.80. The predicted molar refractivity (Wildman–Crippen MR) is 106 cm³/mol. The molecule has 136 valence electrons. The SMILES string of the molecule is CCCNC(=O)c1cccc(NC(=S)NC(=O)c2ccccc2OC)c1. The number of rotatable bonds is 6. The van der Waals surface area contributed by atoms with Gasteiger partial charge in [-0.05, 0) is 49.0 Å². The Morgan fingerprint density at radius 1 is 1.08 bits per heavy atom. The van der Waals surface area contributed by atoms with E-state index < -0.39 is 0 Å². The normalized spacial score (nSPS) is 9.92. The van der Waals surface area contributed by atoms with Crippen molar-refractivity contribution >= 4 is 34.8 Å². The Kier molecular flexibility index (Phi) is 7.11. The Morgan fingerprint density at radius 3 is 2.58 bits per heavy atom. The van der Waals surface area contributed by atoms with Crippen LogP contribution in [-0.2, 0) is 0 Å². The second kappa shape index (κ2) is 9.53. The number of hydrogen-bond donors (Lipinski definition) is 3. The zero-order valence-corrected chi connectivity index (χ0v) is 15.5. The molecule has 0 aliphatic rings. The lowest BCUT2D eigenvalue weighted by molar-refractivity contribution is 0.0950. The molecule has 0 saturated heterocycles. The quantitative estimate of drug-likeness (QED) is 0.681. The van der Waals surface area contributed by atoms with Gasteiger partial charge in [-0.1, -0.05) is 25.1 Å². The summed E-state index contributed by atoms with van der Waals surface area (Å²) in [5, 5.41) is 8.46. The highest BCUT2D eigenvalue weighted by Gasteiger charge is 2.13. The summed E-state index contributed by atoms with van der Waals surface area (Å²) in [5.41, 5.74) is 1.51. The van der Waals surface area contributed by atoms with Crippen molar-refractivity contribution in [2.45, 2.75) is 13.3 Å². The van der Waals surface area contributed by atoms with Crippen molar-refractivity contribution in [1.82, 2.24) is 10.6 Å². The van der Waals surface area contributed by atoms with Gasteiger partial charge in [0.1, 0.15) is 5.75 Å². The monoisotopic (exact) mass is 371 g/mol. The molecule has 0 aromatic heterocycles. The molecule has 0 unspecified atom stereocenters. The first-order valence-corrected chi connectivity index (χ1v) is 8.59. The van der Waals surface area contributed by atoms with Crippen LogP contribution in [0.3, 0.4) is 0 Å². The molecule has 2 rings (SSSR count). The number of carbonyl (C=O) groups is 2. The van der Waals surface area contributed by atoms with Crippen LogP contribution < -0.4 is 20.7 Å². The van der Waals surface area contributed by atoms with E-state index in [-0.39, 0.29) is 16.9 Å². The predicted octanol–water partition coefficient (Wildman–Crippen LogP) is 2.96. The van der Waals surface area contributed by atoms with Crippen LogP contribution >= 0.6 is 12.2 Å². The van der Waals surface area contributed by atoms with Crippen LogP contribution in [0.1, 0.15) is 34.1 Å². The highest BCUT2D eigenvalue weighted by Crippen LogP contribution is 2.17. The average Bonchev–Trinajstić information content (AvgIpc) is 2.66. The number of methoxy groups -OCH3 is 1. The lowest BCUT2D eigenvalue weighted by atomic mass is 10.2. The van der Waals surface area contributed by atoms with E-state index in [4.69, 9.17) is 17.0 Å². The van der Waals surface area contributed by atoms with Crippen LogP contribution in [0.5, 0.6) is 5.75 Å². The van der Waals surface area contributed by atoms with Crippen molar-refractivity contribution < 1.29 is 14.3 Å². The first kappa shape index (κ1) is 19.4. The average molecular weight is 371 g/mol. The zero-order chi connectivity index (χ0) is 18.9. The van der Waals surface area contributed by atoms with E-state index in [2.05, 4.69) is 16.0 Å². The first-order valence-electron chi connectivity index (χ1n) is 8.18. The molecule has 0 saturated carbocycles. The lowest BCUT2D eigenvalue weighted by Crippen LogP contribution is -2.34. The van der Waals surface area contributed by atoms with E-state index in [1.807, 2.05) is 6.92 Å². The Morgan fingerprint density at radius 2 is 1.85 bits per heavy atom. The molecule has 0 heterocycles. The van der Waals surface area contributed by atoms with Crippen molar-refractivity contribution in [3.63, 3.8) is 0 Å². The maximum absolute atomic E-state index is 12.3. The van der Waals surface area contributed by atoms with Gasteiger partial charge < -0.3 is 15.4 Å². The summed E-state index contributed by atoms with van der Waals surface area (Å²) in [6.07, 6.45) is 0.864. The molecule has 0 radical (unpaired) electrons. The number of para-hydroxylation sites is 1. The summed E-state index contributed by atoms with van der Waals surface area (Å²) >= 11 is 5.19. The summed E-state index contributed by atoms with van der Waals surface area (Å²) in [6, 6.07) is 13.8. The fourth-order valence-electron chi connectivity index (χ4n) is 2.24. The number of carbonyl (C=O) groups excluding carboxylic acids is 2. The minimum absolute atomic E-state index is 0.132. The number of benzene rings is 2. The topological polar surface area (TPSA) is 79.5 Å². The van der Waals surface area contributed by atoms with E-state index in [0.717, 1.165) is 6.42 Å². The molecular weight excluding hydrogens is 350 g/mol. The Labute approximate surface area is 157 Å². The summed E-state index contributed by atoms with van der Waals surface area (Å²) in [6.45, 7) is 2.60. The van der Waals surface area contributed by atoms with Gasteiger partial charge in [0.05, 0.1) is 12.7 Å². The summed E-state index contributed by atoms with van der Waals surface area (Å²) in [7, 11) is 1.50. The standard InChI is InChI=1S/C19H21N3O3S/c1-3-11-20-17(23)13-7-6-8-14(12-13)21-19(26)22-18(24)15-9-4-5-10-16(15)25-2/h4-10,12H,3,11H2,1-2H3,(H,20,23)(H2,21,22,24,26). The minimum atomic E-state index is -0.378. The van der Waals surface area contributed by atoms with Gasteiger partial charge >= 0.3 is 0 Å².